The Morgan fingerprint density at radius 2 is 2.00 bits per heavy atom. The van der Waals surface area contributed by atoms with Crippen LogP contribution in [-0.2, 0) is 13.0 Å². The first-order chi connectivity index (χ1) is 14.1. The molecule has 1 N–H and O–H groups in total. The van der Waals surface area contributed by atoms with Crippen LogP contribution in [0.3, 0.4) is 0 Å². The van der Waals surface area contributed by atoms with Gasteiger partial charge in [-0.25, -0.2) is 4.68 Å². The standard InChI is InChI=1S/C24H25N3O2/c1-16-12-19-15-26(22-4-2-5-23(22)28)24(29)21(19)14-18(16)13-17-6-8-20(9-7-17)27-11-3-10-25-27/h3,6-12,14,22-23,28H,2,4-5,13,15H2,1H3/t22-,23-/m1/s1. The number of fused-ring (bicyclic) bond motifs is 1. The predicted molar refractivity (Wildman–Crippen MR) is 111 cm³/mol. The molecule has 5 nitrogen and oxygen atoms in total. The van der Waals surface area contributed by atoms with Crippen molar-refractivity contribution in [3.63, 3.8) is 0 Å². The molecule has 1 amide bonds. The highest BCUT2D eigenvalue weighted by Gasteiger charge is 2.38. The molecule has 1 aromatic heterocycles. The van der Waals surface area contributed by atoms with E-state index in [0.29, 0.717) is 6.54 Å². The molecule has 0 spiro atoms. The van der Waals surface area contributed by atoms with Gasteiger partial charge in [-0.3, -0.25) is 4.79 Å². The summed E-state index contributed by atoms with van der Waals surface area (Å²) < 4.78 is 1.84. The topological polar surface area (TPSA) is 58.4 Å². The van der Waals surface area contributed by atoms with E-state index in [4.69, 9.17) is 0 Å². The summed E-state index contributed by atoms with van der Waals surface area (Å²) in [5.41, 5.74) is 6.52. The number of rotatable bonds is 4. The van der Waals surface area contributed by atoms with Crippen LogP contribution >= 0.6 is 0 Å². The smallest absolute Gasteiger partial charge is 0.254 e. The van der Waals surface area contributed by atoms with E-state index in [-0.39, 0.29) is 18.1 Å². The average molecular weight is 387 g/mol. The fourth-order valence-corrected chi connectivity index (χ4v) is 4.70. The zero-order chi connectivity index (χ0) is 20.0. The van der Waals surface area contributed by atoms with Crippen molar-refractivity contribution < 1.29 is 9.90 Å². The van der Waals surface area contributed by atoms with Crippen LogP contribution in [0.25, 0.3) is 5.69 Å². The first kappa shape index (κ1) is 18.1. The van der Waals surface area contributed by atoms with Gasteiger partial charge in [0.1, 0.15) is 0 Å². The zero-order valence-electron chi connectivity index (χ0n) is 16.6. The summed E-state index contributed by atoms with van der Waals surface area (Å²) in [6.07, 6.45) is 6.79. The van der Waals surface area contributed by atoms with Crippen molar-refractivity contribution >= 4 is 5.91 Å². The lowest BCUT2D eigenvalue weighted by atomic mass is 9.95. The molecule has 148 valence electrons. The molecule has 1 aliphatic carbocycles. The third kappa shape index (κ3) is 3.25. The molecule has 0 bridgehead atoms. The molecule has 2 aromatic carbocycles. The first-order valence-electron chi connectivity index (χ1n) is 10.3. The quantitative estimate of drug-likeness (QED) is 0.744. The van der Waals surface area contributed by atoms with Gasteiger partial charge in [-0.15, -0.1) is 0 Å². The molecule has 1 saturated carbocycles. The van der Waals surface area contributed by atoms with Gasteiger partial charge in [-0.05, 0) is 79.1 Å². The van der Waals surface area contributed by atoms with E-state index in [1.165, 1.54) is 16.7 Å². The minimum Gasteiger partial charge on any atom is -0.391 e. The van der Waals surface area contributed by atoms with Gasteiger partial charge in [0.05, 0.1) is 17.8 Å². The normalized spacial score (nSPS) is 21.0. The number of carbonyl (C=O) groups is 1. The second-order valence-corrected chi connectivity index (χ2v) is 8.23. The van der Waals surface area contributed by atoms with Crippen molar-refractivity contribution in [2.75, 3.05) is 0 Å². The molecule has 2 aliphatic rings. The molecule has 2 heterocycles. The number of hydrogen-bond acceptors (Lipinski definition) is 3. The molecule has 0 radical (unpaired) electrons. The van der Waals surface area contributed by atoms with E-state index < -0.39 is 0 Å². The summed E-state index contributed by atoms with van der Waals surface area (Å²) in [7, 11) is 0. The molecule has 0 saturated heterocycles. The number of aliphatic hydroxyl groups excluding tert-OH is 1. The summed E-state index contributed by atoms with van der Waals surface area (Å²) in [6.45, 7) is 2.74. The van der Waals surface area contributed by atoms with Gasteiger partial charge < -0.3 is 10.0 Å². The second-order valence-electron chi connectivity index (χ2n) is 8.23. The summed E-state index contributed by atoms with van der Waals surface area (Å²) >= 11 is 0. The van der Waals surface area contributed by atoms with Crippen molar-refractivity contribution in [2.45, 2.75) is 51.3 Å². The molecule has 5 rings (SSSR count). The van der Waals surface area contributed by atoms with Crippen molar-refractivity contribution in [1.29, 1.82) is 0 Å². The van der Waals surface area contributed by atoms with Crippen LogP contribution in [0, 0.1) is 6.92 Å². The number of carbonyl (C=O) groups excluding carboxylic acids is 1. The zero-order valence-corrected chi connectivity index (χ0v) is 16.6. The molecule has 3 aromatic rings. The van der Waals surface area contributed by atoms with Gasteiger partial charge in [0.2, 0.25) is 0 Å². The van der Waals surface area contributed by atoms with Gasteiger partial charge in [-0.2, -0.15) is 5.10 Å². The summed E-state index contributed by atoms with van der Waals surface area (Å²) in [5, 5.41) is 14.5. The number of aliphatic hydroxyl groups is 1. The Morgan fingerprint density at radius 1 is 1.17 bits per heavy atom. The largest absolute Gasteiger partial charge is 0.391 e. The lowest BCUT2D eigenvalue weighted by molar-refractivity contribution is 0.0479. The molecule has 0 unspecified atom stereocenters. The van der Waals surface area contributed by atoms with Crippen LogP contribution in [0.15, 0.2) is 54.9 Å². The maximum atomic E-state index is 13.0. The molecule has 29 heavy (non-hydrogen) atoms. The van der Waals surface area contributed by atoms with E-state index in [1.807, 2.05) is 21.8 Å². The number of nitrogens with zero attached hydrogens (tertiary/aromatic N) is 3. The van der Waals surface area contributed by atoms with Crippen LogP contribution in [0.2, 0.25) is 0 Å². The fraction of sp³-hybridized carbons (Fsp3) is 0.333. The van der Waals surface area contributed by atoms with Crippen LogP contribution in [-0.4, -0.2) is 37.8 Å². The predicted octanol–water partition coefficient (Wildman–Crippen LogP) is 3.64. The van der Waals surface area contributed by atoms with Gasteiger partial charge in [-0.1, -0.05) is 18.2 Å². The Morgan fingerprint density at radius 3 is 2.69 bits per heavy atom. The van der Waals surface area contributed by atoms with Gasteiger partial charge in [0.25, 0.3) is 5.91 Å². The molecule has 5 heteroatoms. The van der Waals surface area contributed by atoms with E-state index in [0.717, 1.165) is 42.5 Å². The van der Waals surface area contributed by atoms with Crippen LogP contribution < -0.4 is 0 Å². The highest BCUT2D eigenvalue weighted by molar-refractivity contribution is 5.99. The average Bonchev–Trinajstić information content (AvgIpc) is 3.45. The maximum Gasteiger partial charge on any atom is 0.254 e. The molecule has 2 atom stereocenters. The Kier molecular flexibility index (Phi) is 4.47. The number of aromatic nitrogens is 2. The Labute approximate surface area is 170 Å². The second kappa shape index (κ2) is 7.16. The number of aryl methyl sites for hydroxylation is 1. The summed E-state index contributed by atoms with van der Waals surface area (Å²) in [6, 6.07) is 14.5. The van der Waals surface area contributed by atoms with E-state index in [1.54, 1.807) is 6.20 Å². The van der Waals surface area contributed by atoms with Gasteiger partial charge in [0, 0.05) is 24.5 Å². The maximum absolute atomic E-state index is 13.0. The first-order valence-corrected chi connectivity index (χ1v) is 10.3. The van der Waals surface area contributed by atoms with Gasteiger partial charge >= 0.3 is 0 Å². The third-order valence-corrected chi connectivity index (χ3v) is 6.34. The van der Waals surface area contributed by atoms with Crippen LogP contribution in [0.5, 0.6) is 0 Å². The van der Waals surface area contributed by atoms with Crippen LogP contribution in [0.1, 0.15) is 51.9 Å². The van der Waals surface area contributed by atoms with Crippen molar-refractivity contribution in [1.82, 2.24) is 14.7 Å². The van der Waals surface area contributed by atoms with Gasteiger partial charge in [0.15, 0.2) is 0 Å². The monoisotopic (exact) mass is 387 g/mol. The molecule has 1 aliphatic heterocycles. The molecular weight excluding hydrogens is 362 g/mol. The van der Waals surface area contributed by atoms with Crippen molar-refractivity contribution in [3.05, 3.63) is 82.7 Å². The van der Waals surface area contributed by atoms with Crippen molar-refractivity contribution in [2.24, 2.45) is 0 Å². The highest BCUT2D eigenvalue weighted by Crippen LogP contribution is 2.33. The van der Waals surface area contributed by atoms with E-state index in [2.05, 4.69) is 48.4 Å². The minimum absolute atomic E-state index is 0.0338. The Bertz CT molecular complexity index is 1040. The van der Waals surface area contributed by atoms with Crippen molar-refractivity contribution in [3.8, 4) is 5.69 Å². The fourth-order valence-electron chi connectivity index (χ4n) is 4.70. The highest BCUT2D eigenvalue weighted by atomic mass is 16.3. The van der Waals surface area contributed by atoms with E-state index >= 15 is 0 Å². The third-order valence-electron chi connectivity index (χ3n) is 6.34. The minimum atomic E-state index is -0.387. The lowest BCUT2D eigenvalue weighted by Crippen LogP contribution is -2.40. The number of amides is 1. The Hall–Kier alpha value is -2.92. The molecular formula is C24H25N3O2. The summed E-state index contributed by atoms with van der Waals surface area (Å²) in [4.78, 5) is 14.9. The summed E-state index contributed by atoms with van der Waals surface area (Å²) in [5.74, 6) is 0.0706. The lowest BCUT2D eigenvalue weighted by Gasteiger charge is -2.26. The number of hydrogen-bond donors (Lipinski definition) is 1. The Balaban J connectivity index is 1.38. The molecule has 1 fully saturated rings. The van der Waals surface area contributed by atoms with Crippen LogP contribution in [0.4, 0.5) is 0 Å². The SMILES string of the molecule is Cc1cc2c(cc1Cc1ccc(-n3cccn3)cc1)C(=O)N([C@@H]1CCC[C@H]1O)C2. The number of benzene rings is 2. The van der Waals surface area contributed by atoms with E-state index in [9.17, 15) is 9.90 Å².